The summed E-state index contributed by atoms with van der Waals surface area (Å²) in [6, 6.07) is 0. The molecule has 90 valence electrons. The Morgan fingerprint density at radius 3 is 2.94 bits per heavy atom. The molecule has 1 aromatic heterocycles. The highest BCUT2D eigenvalue weighted by Gasteiger charge is 2.31. The Balaban J connectivity index is 1.96. The summed E-state index contributed by atoms with van der Waals surface area (Å²) in [5, 5.41) is 5.84. The van der Waals surface area contributed by atoms with Gasteiger partial charge in [-0.3, -0.25) is 4.90 Å². The summed E-state index contributed by atoms with van der Waals surface area (Å²) in [6.07, 6.45) is 2.41. The second-order valence-corrected chi connectivity index (χ2v) is 5.32. The molecule has 0 spiro atoms. The molecule has 1 aromatic rings. The fraction of sp³-hybridized carbons (Fsp3) is 0.750. The summed E-state index contributed by atoms with van der Waals surface area (Å²) in [5.74, 6) is 0. The molecule has 1 fully saturated rings. The van der Waals surface area contributed by atoms with E-state index in [1.54, 1.807) is 11.3 Å². The Morgan fingerprint density at radius 1 is 1.50 bits per heavy atom. The molecule has 0 bridgehead atoms. The number of rotatable bonds is 4. The summed E-state index contributed by atoms with van der Waals surface area (Å²) < 4.78 is 0. The first kappa shape index (κ1) is 12.0. The molecule has 2 rings (SSSR count). The van der Waals surface area contributed by atoms with Gasteiger partial charge < -0.3 is 5.32 Å². The zero-order chi connectivity index (χ0) is 11.4. The third kappa shape index (κ3) is 2.62. The molecule has 0 saturated carbocycles. The van der Waals surface area contributed by atoms with E-state index in [-0.39, 0.29) is 0 Å². The van der Waals surface area contributed by atoms with Crippen LogP contribution in [0.25, 0.3) is 0 Å². The van der Waals surface area contributed by atoms with Gasteiger partial charge >= 0.3 is 0 Å². The number of piperazine rings is 1. The van der Waals surface area contributed by atoms with E-state index in [0.717, 1.165) is 26.2 Å². The lowest BCUT2D eigenvalue weighted by Crippen LogP contribution is -2.59. The van der Waals surface area contributed by atoms with E-state index in [0.29, 0.717) is 5.54 Å². The van der Waals surface area contributed by atoms with Crippen molar-refractivity contribution in [1.82, 2.24) is 15.2 Å². The fourth-order valence-electron chi connectivity index (χ4n) is 2.45. The van der Waals surface area contributed by atoms with Gasteiger partial charge in [0.2, 0.25) is 0 Å². The standard InChI is InChI=1S/C12H21N3S/c1-3-12(4-2)9-15(6-5-14-12)7-11-8-16-10-13-11/h8,10,14H,3-7,9H2,1-2H3. The molecule has 2 heterocycles. The molecule has 0 aliphatic carbocycles. The van der Waals surface area contributed by atoms with Crippen molar-refractivity contribution in [1.29, 1.82) is 0 Å². The van der Waals surface area contributed by atoms with Crippen molar-refractivity contribution in [3.8, 4) is 0 Å². The Kier molecular flexibility index (Phi) is 3.95. The minimum Gasteiger partial charge on any atom is -0.309 e. The predicted molar refractivity (Wildman–Crippen MR) is 68.7 cm³/mol. The number of hydrogen-bond donors (Lipinski definition) is 1. The first-order valence-electron chi connectivity index (χ1n) is 6.12. The van der Waals surface area contributed by atoms with E-state index in [1.807, 2.05) is 5.51 Å². The maximum absolute atomic E-state index is 4.37. The average molecular weight is 239 g/mol. The maximum Gasteiger partial charge on any atom is 0.0795 e. The molecule has 1 saturated heterocycles. The molecule has 4 heteroatoms. The maximum atomic E-state index is 4.37. The van der Waals surface area contributed by atoms with Crippen LogP contribution in [0.2, 0.25) is 0 Å². The van der Waals surface area contributed by atoms with Crippen molar-refractivity contribution in [2.45, 2.75) is 38.8 Å². The minimum atomic E-state index is 0.328. The van der Waals surface area contributed by atoms with Crippen LogP contribution in [0.15, 0.2) is 10.9 Å². The topological polar surface area (TPSA) is 28.2 Å². The number of nitrogens with one attached hydrogen (secondary N) is 1. The molecule has 0 unspecified atom stereocenters. The highest BCUT2D eigenvalue weighted by atomic mass is 32.1. The lowest BCUT2D eigenvalue weighted by molar-refractivity contribution is 0.117. The zero-order valence-corrected chi connectivity index (χ0v) is 11.0. The third-order valence-corrected chi connectivity index (χ3v) is 4.31. The smallest absolute Gasteiger partial charge is 0.0795 e. The van der Waals surface area contributed by atoms with Crippen molar-refractivity contribution < 1.29 is 0 Å². The van der Waals surface area contributed by atoms with Gasteiger partial charge in [0, 0.05) is 37.1 Å². The highest BCUT2D eigenvalue weighted by Crippen LogP contribution is 2.21. The van der Waals surface area contributed by atoms with Crippen LogP contribution in [0.1, 0.15) is 32.4 Å². The van der Waals surface area contributed by atoms with Gasteiger partial charge in [0.1, 0.15) is 0 Å². The van der Waals surface area contributed by atoms with E-state index in [4.69, 9.17) is 0 Å². The normalized spacial score (nSPS) is 21.1. The Morgan fingerprint density at radius 2 is 2.31 bits per heavy atom. The van der Waals surface area contributed by atoms with E-state index >= 15 is 0 Å². The van der Waals surface area contributed by atoms with Crippen molar-refractivity contribution in [2.75, 3.05) is 19.6 Å². The SMILES string of the molecule is CCC1(CC)CN(Cc2cscn2)CCN1. The van der Waals surface area contributed by atoms with Crippen molar-refractivity contribution in [3.05, 3.63) is 16.6 Å². The number of hydrogen-bond acceptors (Lipinski definition) is 4. The van der Waals surface area contributed by atoms with Crippen LogP contribution in [0.4, 0.5) is 0 Å². The summed E-state index contributed by atoms with van der Waals surface area (Å²) in [7, 11) is 0. The van der Waals surface area contributed by atoms with Crippen molar-refractivity contribution >= 4 is 11.3 Å². The van der Waals surface area contributed by atoms with Gasteiger partial charge in [0.05, 0.1) is 11.2 Å². The Hall–Kier alpha value is -0.450. The third-order valence-electron chi connectivity index (χ3n) is 3.68. The monoisotopic (exact) mass is 239 g/mol. The van der Waals surface area contributed by atoms with Crippen molar-refractivity contribution in [2.24, 2.45) is 0 Å². The Labute approximate surface area is 102 Å². The molecule has 16 heavy (non-hydrogen) atoms. The number of thiazole rings is 1. The van der Waals surface area contributed by atoms with Crippen LogP contribution in [0, 0.1) is 0 Å². The van der Waals surface area contributed by atoms with Gasteiger partial charge in [0.25, 0.3) is 0 Å². The summed E-state index contributed by atoms with van der Waals surface area (Å²) in [5.41, 5.74) is 3.46. The number of nitrogens with zero attached hydrogens (tertiary/aromatic N) is 2. The summed E-state index contributed by atoms with van der Waals surface area (Å²) in [4.78, 5) is 6.89. The molecule has 1 N–H and O–H groups in total. The molecule has 1 aliphatic rings. The van der Waals surface area contributed by atoms with Crippen LogP contribution in [0.5, 0.6) is 0 Å². The predicted octanol–water partition coefficient (Wildman–Crippen LogP) is 2.11. The van der Waals surface area contributed by atoms with Gasteiger partial charge in [0.15, 0.2) is 0 Å². The quantitative estimate of drug-likeness (QED) is 0.872. The molecule has 0 aromatic carbocycles. The van der Waals surface area contributed by atoms with Gasteiger partial charge in [-0.05, 0) is 12.8 Å². The van der Waals surface area contributed by atoms with Crippen LogP contribution < -0.4 is 5.32 Å². The van der Waals surface area contributed by atoms with Gasteiger partial charge in [-0.1, -0.05) is 13.8 Å². The molecule has 0 atom stereocenters. The van der Waals surface area contributed by atoms with Crippen molar-refractivity contribution in [3.63, 3.8) is 0 Å². The van der Waals surface area contributed by atoms with E-state index in [1.165, 1.54) is 18.5 Å². The van der Waals surface area contributed by atoms with Crippen LogP contribution in [0.3, 0.4) is 0 Å². The molecule has 3 nitrogen and oxygen atoms in total. The lowest BCUT2D eigenvalue weighted by Gasteiger charge is -2.43. The van der Waals surface area contributed by atoms with Crippen LogP contribution in [-0.4, -0.2) is 35.1 Å². The summed E-state index contributed by atoms with van der Waals surface area (Å²) >= 11 is 1.69. The highest BCUT2D eigenvalue weighted by molar-refractivity contribution is 7.07. The molecule has 0 amide bonds. The van der Waals surface area contributed by atoms with Gasteiger partial charge in [-0.25, -0.2) is 4.98 Å². The number of aromatic nitrogens is 1. The largest absolute Gasteiger partial charge is 0.309 e. The van der Waals surface area contributed by atoms with E-state index < -0.39 is 0 Å². The first-order chi connectivity index (χ1) is 7.78. The van der Waals surface area contributed by atoms with Crippen LogP contribution >= 0.6 is 11.3 Å². The van der Waals surface area contributed by atoms with E-state index in [2.05, 4.69) is 34.4 Å². The second kappa shape index (κ2) is 5.25. The molecular weight excluding hydrogens is 218 g/mol. The van der Waals surface area contributed by atoms with Gasteiger partial charge in [-0.15, -0.1) is 11.3 Å². The zero-order valence-electron chi connectivity index (χ0n) is 10.2. The van der Waals surface area contributed by atoms with E-state index in [9.17, 15) is 0 Å². The average Bonchev–Trinajstić information content (AvgIpc) is 2.82. The molecular formula is C12H21N3S. The first-order valence-corrected chi connectivity index (χ1v) is 7.07. The molecule has 0 radical (unpaired) electrons. The fourth-order valence-corrected chi connectivity index (χ4v) is 3.00. The second-order valence-electron chi connectivity index (χ2n) is 4.60. The van der Waals surface area contributed by atoms with Crippen LogP contribution in [-0.2, 0) is 6.54 Å². The minimum absolute atomic E-state index is 0.328. The molecule has 1 aliphatic heterocycles. The van der Waals surface area contributed by atoms with Gasteiger partial charge in [-0.2, -0.15) is 0 Å². The summed E-state index contributed by atoms with van der Waals surface area (Å²) in [6.45, 7) is 8.96. The lowest BCUT2D eigenvalue weighted by atomic mass is 9.90. The Bertz CT molecular complexity index is 306.